The van der Waals surface area contributed by atoms with Gasteiger partial charge in [-0.05, 0) is 35.4 Å². The first-order chi connectivity index (χ1) is 11.4. The Bertz CT molecular complexity index is 1110. The number of pyridine rings is 2. The fourth-order valence-corrected chi connectivity index (χ4v) is 4.02. The molecule has 120 valence electrons. The van der Waals surface area contributed by atoms with Crippen LogP contribution in [0.15, 0.2) is 42.7 Å². The summed E-state index contributed by atoms with van der Waals surface area (Å²) in [6, 6.07) is 8.29. The highest BCUT2D eigenvalue weighted by molar-refractivity contribution is 7.92. The smallest absolute Gasteiger partial charge is 0.354 e. The van der Waals surface area contributed by atoms with Crippen molar-refractivity contribution in [2.75, 3.05) is 4.72 Å². The second kappa shape index (κ2) is 5.00. The molecule has 1 aliphatic heterocycles. The summed E-state index contributed by atoms with van der Waals surface area (Å²) in [5, 5.41) is 9.85. The number of aromatic carboxylic acids is 1. The molecular formula is C16H11N3O4S. The monoisotopic (exact) mass is 341 g/mol. The Labute approximate surface area is 137 Å². The molecule has 8 heteroatoms. The number of benzene rings is 1. The molecule has 0 unspecified atom stereocenters. The van der Waals surface area contributed by atoms with Crippen LogP contribution in [0.25, 0.3) is 22.0 Å². The molecule has 4 rings (SSSR count). The van der Waals surface area contributed by atoms with E-state index in [4.69, 9.17) is 5.11 Å². The van der Waals surface area contributed by atoms with Crippen molar-refractivity contribution in [3.05, 3.63) is 54.0 Å². The lowest BCUT2D eigenvalue weighted by atomic mass is 10.0. The van der Waals surface area contributed by atoms with Gasteiger partial charge in [-0.3, -0.25) is 9.71 Å². The van der Waals surface area contributed by atoms with Crippen molar-refractivity contribution in [3.8, 4) is 11.1 Å². The molecular weight excluding hydrogens is 330 g/mol. The van der Waals surface area contributed by atoms with Crippen molar-refractivity contribution in [1.82, 2.24) is 9.97 Å². The van der Waals surface area contributed by atoms with Gasteiger partial charge in [0.25, 0.3) is 0 Å². The van der Waals surface area contributed by atoms with Gasteiger partial charge in [-0.15, -0.1) is 0 Å². The van der Waals surface area contributed by atoms with Crippen LogP contribution in [0.4, 0.5) is 5.69 Å². The van der Waals surface area contributed by atoms with Gasteiger partial charge >= 0.3 is 5.97 Å². The Morgan fingerprint density at radius 3 is 2.79 bits per heavy atom. The van der Waals surface area contributed by atoms with E-state index in [0.29, 0.717) is 27.7 Å². The molecule has 0 bridgehead atoms. The topological polar surface area (TPSA) is 109 Å². The molecule has 0 spiro atoms. The Hall–Kier alpha value is -3.00. The summed E-state index contributed by atoms with van der Waals surface area (Å²) in [4.78, 5) is 19.5. The van der Waals surface area contributed by atoms with E-state index in [1.165, 1.54) is 6.07 Å². The van der Waals surface area contributed by atoms with Crippen LogP contribution in [-0.2, 0) is 15.8 Å². The van der Waals surface area contributed by atoms with Gasteiger partial charge in [-0.2, -0.15) is 0 Å². The van der Waals surface area contributed by atoms with E-state index in [2.05, 4.69) is 14.7 Å². The molecule has 1 aromatic carbocycles. The number of aromatic nitrogens is 2. The second-order valence-electron chi connectivity index (χ2n) is 5.49. The number of carbonyl (C=O) groups is 1. The van der Waals surface area contributed by atoms with E-state index in [0.717, 1.165) is 5.56 Å². The van der Waals surface area contributed by atoms with Crippen molar-refractivity contribution in [3.63, 3.8) is 0 Å². The average Bonchev–Trinajstić information content (AvgIpc) is 2.86. The molecule has 2 aromatic heterocycles. The predicted octanol–water partition coefficient (Wildman–Crippen LogP) is 2.25. The first-order valence-corrected chi connectivity index (χ1v) is 8.70. The zero-order chi connectivity index (χ0) is 16.9. The second-order valence-corrected chi connectivity index (χ2v) is 7.22. The fourth-order valence-electron chi connectivity index (χ4n) is 2.76. The number of hydrogen-bond acceptors (Lipinski definition) is 5. The van der Waals surface area contributed by atoms with Crippen molar-refractivity contribution >= 4 is 32.6 Å². The molecule has 3 heterocycles. The molecule has 0 radical (unpaired) electrons. The van der Waals surface area contributed by atoms with Crippen molar-refractivity contribution in [1.29, 1.82) is 0 Å². The maximum Gasteiger partial charge on any atom is 0.354 e. The Morgan fingerprint density at radius 1 is 1.17 bits per heavy atom. The fraction of sp³-hybridized carbons (Fsp3) is 0.0625. The third-order valence-electron chi connectivity index (χ3n) is 3.85. The Kier molecular flexibility index (Phi) is 3.04. The Morgan fingerprint density at radius 2 is 2.00 bits per heavy atom. The van der Waals surface area contributed by atoms with Gasteiger partial charge in [0, 0.05) is 23.3 Å². The quantitative estimate of drug-likeness (QED) is 0.740. The summed E-state index contributed by atoms with van der Waals surface area (Å²) in [5.74, 6) is -1.19. The molecule has 24 heavy (non-hydrogen) atoms. The molecule has 2 N–H and O–H groups in total. The molecule has 0 saturated carbocycles. The van der Waals surface area contributed by atoms with Gasteiger partial charge in [0.15, 0.2) is 0 Å². The summed E-state index contributed by atoms with van der Waals surface area (Å²) in [6.45, 7) is 0. The summed E-state index contributed by atoms with van der Waals surface area (Å²) >= 11 is 0. The molecule has 0 saturated heterocycles. The predicted molar refractivity (Wildman–Crippen MR) is 88.2 cm³/mol. The number of carboxylic acid groups (broad SMARTS) is 1. The molecule has 1 aliphatic rings. The number of fused-ring (bicyclic) bond motifs is 2. The van der Waals surface area contributed by atoms with E-state index in [1.54, 1.807) is 36.7 Å². The van der Waals surface area contributed by atoms with Crippen molar-refractivity contribution in [2.24, 2.45) is 0 Å². The van der Waals surface area contributed by atoms with Gasteiger partial charge in [-0.1, -0.05) is 6.07 Å². The highest BCUT2D eigenvalue weighted by Gasteiger charge is 2.24. The minimum atomic E-state index is -3.32. The summed E-state index contributed by atoms with van der Waals surface area (Å²) < 4.78 is 25.8. The average molecular weight is 341 g/mol. The number of carboxylic acids is 1. The van der Waals surface area contributed by atoms with Crippen LogP contribution in [0.5, 0.6) is 0 Å². The minimum Gasteiger partial charge on any atom is -0.477 e. The van der Waals surface area contributed by atoms with Crippen LogP contribution in [-0.4, -0.2) is 29.5 Å². The lowest BCUT2D eigenvalue weighted by molar-refractivity contribution is 0.0691. The van der Waals surface area contributed by atoms with E-state index >= 15 is 0 Å². The highest BCUT2D eigenvalue weighted by atomic mass is 32.2. The van der Waals surface area contributed by atoms with Gasteiger partial charge in [0.2, 0.25) is 10.0 Å². The van der Waals surface area contributed by atoms with Gasteiger partial charge < -0.3 is 5.11 Å². The number of nitrogens with zero attached hydrogens (tertiary/aromatic N) is 2. The largest absolute Gasteiger partial charge is 0.477 e. The van der Waals surface area contributed by atoms with E-state index in [9.17, 15) is 13.2 Å². The number of sulfonamides is 1. The van der Waals surface area contributed by atoms with Crippen LogP contribution in [0.2, 0.25) is 0 Å². The maximum atomic E-state index is 11.7. The SMILES string of the molecule is O=C(O)c1ccc2cncc(-c3ccc4c(c3)CS(=O)(=O)N4)c2n1. The molecule has 0 amide bonds. The summed E-state index contributed by atoms with van der Waals surface area (Å²) in [6.07, 6.45) is 3.20. The van der Waals surface area contributed by atoms with E-state index in [-0.39, 0.29) is 11.4 Å². The molecule has 3 aromatic rings. The van der Waals surface area contributed by atoms with Crippen molar-refractivity contribution < 1.29 is 18.3 Å². The van der Waals surface area contributed by atoms with Gasteiger partial charge in [0.1, 0.15) is 5.69 Å². The summed E-state index contributed by atoms with van der Waals surface area (Å²) in [5.41, 5.74) is 3.08. The van der Waals surface area contributed by atoms with Crippen LogP contribution in [0.1, 0.15) is 16.1 Å². The lowest BCUT2D eigenvalue weighted by Crippen LogP contribution is -2.05. The van der Waals surface area contributed by atoms with Crippen LogP contribution < -0.4 is 4.72 Å². The lowest BCUT2D eigenvalue weighted by Gasteiger charge is -2.08. The highest BCUT2D eigenvalue weighted by Crippen LogP contribution is 2.33. The minimum absolute atomic E-state index is 0.0552. The molecule has 0 fully saturated rings. The van der Waals surface area contributed by atoms with E-state index in [1.807, 2.05) is 0 Å². The van der Waals surface area contributed by atoms with Crippen LogP contribution in [0, 0.1) is 0 Å². The number of nitrogens with one attached hydrogen (secondary N) is 1. The summed E-state index contributed by atoms with van der Waals surface area (Å²) in [7, 11) is -3.32. The molecule has 0 atom stereocenters. The maximum absolute atomic E-state index is 11.7. The van der Waals surface area contributed by atoms with Crippen LogP contribution >= 0.6 is 0 Å². The molecule has 0 aliphatic carbocycles. The third kappa shape index (κ3) is 2.37. The number of anilines is 1. The van der Waals surface area contributed by atoms with Gasteiger partial charge in [0.05, 0.1) is 17.0 Å². The zero-order valence-electron chi connectivity index (χ0n) is 12.2. The molecule has 7 nitrogen and oxygen atoms in total. The standard InChI is InChI=1S/C16H11N3O4S/c20-16(21)14-4-2-10-6-17-7-12(15(10)18-14)9-1-3-13-11(5-9)8-24(22,23)19-13/h1-7,19H,8H2,(H,20,21). The normalized spacial score (nSPS) is 15.0. The van der Waals surface area contributed by atoms with Crippen molar-refractivity contribution in [2.45, 2.75) is 5.75 Å². The zero-order valence-corrected chi connectivity index (χ0v) is 13.0. The number of rotatable bonds is 2. The number of hydrogen-bond donors (Lipinski definition) is 2. The third-order valence-corrected chi connectivity index (χ3v) is 5.07. The van der Waals surface area contributed by atoms with Crippen LogP contribution in [0.3, 0.4) is 0 Å². The van der Waals surface area contributed by atoms with E-state index < -0.39 is 16.0 Å². The van der Waals surface area contributed by atoms with Gasteiger partial charge in [-0.25, -0.2) is 18.2 Å². The first-order valence-electron chi connectivity index (χ1n) is 7.05. The first kappa shape index (κ1) is 14.6. The Balaban J connectivity index is 1.91.